The van der Waals surface area contributed by atoms with Crippen LogP contribution in [0, 0.1) is 0 Å². The van der Waals surface area contributed by atoms with Crippen LogP contribution in [0.5, 0.6) is 5.75 Å². The van der Waals surface area contributed by atoms with Crippen molar-refractivity contribution in [3.8, 4) is 5.75 Å². The SMILES string of the molecule is COc1cc2c(cc1C(F)(F)F)N(C(=O)Nc1cccc(C(=O)Nc3ccncc3)c1)CC2. The number of anilines is 3. The molecule has 0 unspecified atom stereocenters. The van der Waals surface area contributed by atoms with Crippen LogP contribution in [0.2, 0.25) is 0 Å². The van der Waals surface area contributed by atoms with Crippen molar-refractivity contribution in [1.82, 2.24) is 4.98 Å². The zero-order valence-corrected chi connectivity index (χ0v) is 17.4. The van der Waals surface area contributed by atoms with E-state index in [1.807, 2.05) is 0 Å². The molecule has 33 heavy (non-hydrogen) atoms. The number of methoxy groups -OCH3 is 1. The zero-order chi connectivity index (χ0) is 23.6. The van der Waals surface area contributed by atoms with Crippen LogP contribution in [0.25, 0.3) is 0 Å². The Morgan fingerprint density at radius 2 is 1.79 bits per heavy atom. The molecule has 0 spiro atoms. The number of benzene rings is 2. The molecule has 2 heterocycles. The number of ether oxygens (including phenoxy) is 1. The van der Waals surface area contributed by atoms with Crippen LogP contribution in [0.3, 0.4) is 0 Å². The van der Waals surface area contributed by atoms with Gasteiger partial charge >= 0.3 is 12.2 Å². The molecule has 7 nitrogen and oxygen atoms in total. The first-order chi connectivity index (χ1) is 15.8. The summed E-state index contributed by atoms with van der Waals surface area (Å²) in [5, 5.41) is 5.37. The Kier molecular flexibility index (Phi) is 5.91. The molecule has 2 N–H and O–H groups in total. The van der Waals surface area contributed by atoms with Gasteiger partial charge < -0.3 is 15.4 Å². The maximum absolute atomic E-state index is 13.4. The maximum atomic E-state index is 13.4. The Balaban J connectivity index is 1.52. The van der Waals surface area contributed by atoms with Crippen molar-refractivity contribution in [3.63, 3.8) is 0 Å². The number of hydrogen-bond acceptors (Lipinski definition) is 4. The lowest BCUT2D eigenvalue weighted by Gasteiger charge is -2.20. The molecule has 1 aromatic heterocycles. The van der Waals surface area contributed by atoms with Crippen molar-refractivity contribution in [2.75, 3.05) is 29.2 Å². The summed E-state index contributed by atoms with van der Waals surface area (Å²) in [6.07, 6.45) is -1.15. The highest BCUT2D eigenvalue weighted by atomic mass is 19.4. The number of rotatable bonds is 4. The summed E-state index contributed by atoms with van der Waals surface area (Å²) in [5.74, 6) is -0.665. The number of carbonyl (C=O) groups excluding carboxylic acids is 2. The van der Waals surface area contributed by atoms with Crippen molar-refractivity contribution < 1.29 is 27.5 Å². The number of halogens is 3. The van der Waals surface area contributed by atoms with E-state index in [0.717, 1.165) is 6.07 Å². The average Bonchev–Trinajstić information content (AvgIpc) is 3.21. The van der Waals surface area contributed by atoms with Crippen molar-refractivity contribution in [3.05, 3.63) is 77.6 Å². The number of carbonyl (C=O) groups is 2. The van der Waals surface area contributed by atoms with Gasteiger partial charge in [-0.05, 0) is 54.4 Å². The Hall–Kier alpha value is -4.08. The predicted molar refractivity (Wildman–Crippen MR) is 117 cm³/mol. The van der Waals surface area contributed by atoms with Crippen LogP contribution < -0.4 is 20.3 Å². The zero-order valence-electron chi connectivity index (χ0n) is 17.4. The molecule has 0 atom stereocenters. The van der Waals surface area contributed by atoms with E-state index in [-0.39, 0.29) is 23.9 Å². The number of nitrogens with zero attached hydrogens (tertiary/aromatic N) is 2. The Labute approximate surface area is 187 Å². The molecule has 1 aliphatic rings. The second-order valence-electron chi connectivity index (χ2n) is 7.28. The summed E-state index contributed by atoms with van der Waals surface area (Å²) in [6.45, 7) is 0.216. The van der Waals surface area contributed by atoms with Gasteiger partial charge in [0.2, 0.25) is 0 Å². The number of amides is 3. The van der Waals surface area contributed by atoms with Crippen molar-refractivity contribution in [1.29, 1.82) is 0 Å². The highest BCUT2D eigenvalue weighted by Crippen LogP contribution is 2.42. The summed E-state index contributed by atoms with van der Waals surface area (Å²) >= 11 is 0. The lowest BCUT2D eigenvalue weighted by molar-refractivity contribution is -0.138. The molecule has 10 heteroatoms. The molecule has 3 aromatic rings. The monoisotopic (exact) mass is 456 g/mol. The second kappa shape index (κ2) is 8.81. The number of hydrogen-bond donors (Lipinski definition) is 2. The summed E-state index contributed by atoms with van der Waals surface area (Å²) in [4.78, 5) is 30.5. The number of nitrogens with one attached hydrogen (secondary N) is 2. The number of pyridine rings is 1. The molecule has 0 fully saturated rings. The second-order valence-corrected chi connectivity index (χ2v) is 7.28. The fourth-order valence-electron chi connectivity index (χ4n) is 3.58. The molecule has 3 amide bonds. The molecule has 0 radical (unpaired) electrons. The Morgan fingerprint density at radius 1 is 1.03 bits per heavy atom. The van der Waals surface area contributed by atoms with Crippen molar-refractivity contribution >= 4 is 29.0 Å². The van der Waals surface area contributed by atoms with Crippen LogP contribution in [0.4, 0.5) is 35.0 Å². The molecule has 0 saturated heterocycles. The maximum Gasteiger partial charge on any atom is 0.420 e. The van der Waals surface area contributed by atoms with Gasteiger partial charge in [0.1, 0.15) is 5.75 Å². The van der Waals surface area contributed by atoms with Gasteiger partial charge in [-0.2, -0.15) is 13.2 Å². The van der Waals surface area contributed by atoms with Gasteiger partial charge in [0.15, 0.2) is 0 Å². The molecule has 4 rings (SSSR count). The third-order valence-electron chi connectivity index (χ3n) is 5.16. The molecule has 0 bridgehead atoms. The fraction of sp³-hybridized carbons (Fsp3) is 0.174. The van der Waals surface area contributed by atoms with E-state index in [4.69, 9.17) is 4.74 Å². The third-order valence-corrected chi connectivity index (χ3v) is 5.16. The molecule has 170 valence electrons. The van der Waals surface area contributed by atoms with E-state index in [9.17, 15) is 22.8 Å². The third kappa shape index (κ3) is 4.74. The van der Waals surface area contributed by atoms with Gasteiger partial charge in [-0.3, -0.25) is 14.7 Å². The molecule has 2 aromatic carbocycles. The highest BCUT2D eigenvalue weighted by molar-refractivity contribution is 6.07. The summed E-state index contributed by atoms with van der Waals surface area (Å²) in [6, 6.07) is 11.2. The molecular weight excluding hydrogens is 437 g/mol. The van der Waals surface area contributed by atoms with E-state index in [1.165, 1.54) is 24.1 Å². The summed E-state index contributed by atoms with van der Waals surface area (Å²) in [5.41, 5.74) is 1.01. The molecular formula is C23H19F3N4O3. The van der Waals surface area contributed by atoms with Crippen LogP contribution >= 0.6 is 0 Å². The molecule has 0 aliphatic carbocycles. The van der Waals surface area contributed by atoms with Gasteiger partial charge in [-0.1, -0.05) is 6.07 Å². The number of alkyl halides is 3. The van der Waals surface area contributed by atoms with Crippen LogP contribution in [0.15, 0.2) is 60.9 Å². The molecule has 1 aliphatic heterocycles. The lowest BCUT2D eigenvalue weighted by atomic mass is 10.1. The minimum Gasteiger partial charge on any atom is -0.496 e. The first-order valence-corrected chi connectivity index (χ1v) is 9.94. The van der Waals surface area contributed by atoms with Gasteiger partial charge in [0.25, 0.3) is 5.91 Å². The first kappa shape index (κ1) is 22.1. The topological polar surface area (TPSA) is 83.6 Å². The minimum absolute atomic E-state index is 0.173. The van der Waals surface area contributed by atoms with Crippen molar-refractivity contribution in [2.45, 2.75) is 12.6 Å². The van der Waals surface area contributed by atoms with Gasteiger partial charge in [0, 0.05) is 41.6 Å². The van der Waals surface area contributed by atoms with E-state index in [1.54, 1.807) is 42.7 Å². The largest absolute Gasteiger partial charge is 0.496 e. The predicted octanol–water partition coefficient (Wildman–Crippen LogP) is 4.96. The quantitative estimate of drug-likeness (QED) is 0.582. The van der Waals surface area contributed by atoms with Crippen LogP contribution in [-0.4, -0.2) is 30.6 Å². The van der Waals surface area contributed by atoms with Crippen LogP contribution in [0.1, 0.15) is 21.5 Å². The first-order valence-electron chi connectivity index (χ1n) is 9.94. The Bertz CT molecular complexity index is 1200. The number of urea groups is 1. The number of fused-ring (bicyclic) bond motifs is 1. The van der Waals surface area contributed by atoms with Crippen LogP contribution in [-0.2, 0) is 12.6 Å². The minimum atomic E-state index is -4.62. The standard InChI is InChI=1S/C23H19F3N4O3/c1-33-20-12-14-7-10-30(19(14)13-18(20)23(24,25)26)22(32)29-17-4-2-3-15(11-17)21(31)28-16-5-8-27-9-6-16/h2-6,8-9,11-13H,7,10H2,1H3,(H,29,32)(H,27,28,31). The fourth-order valence-corrected chi connectivity index (χ4v) is 3.58. The smallest absolute Gasteiger partial charge is 0.420 e. The van der Waals surface area contributed by atoms with Gasteiger partial charge in [0.05, 0.1) is 12.7 Å². The summed E-state index contributed by atoms with van der Waals surface area (Å²) in [7, 11) is 1.17. The normalized spacial score (nSPS) is 12.8. The van der Waals surface area contributed by atoms with E-state index < -0.39 is 17.8 Å². The van der Waals surface area contributed by atoms with E-state index >= 15 is 0 Å². The van der Waals surface area contributed by atoms with Crippen molar-refractivity contribution in [2.24, 2.45) is 0 Å². The lowest BCUT2D eigenvalue weighted by Crippen LogP contribution is -2.33. The number of aromatic nitrogens is 1. The molecule has 0 saturated carbocycles. The van der Waals surface area contributed by atoms with Gasteiger partial charge in [-0.25, -0.2) is 4.79 Å². The van der Waals surface area contributed by atoms with E-state index in [2.05, 4.69) is 15.6 Å². The van der Waals surface area contributed by atoms with Gasteiger partial charge in [-0.15, -0.1) is 0 Å². The summed E-state index contributed by atoms with van der Waals surface area (Å²) < 4.78 is 45.1. The van der Waals surface area contributed by atoms with E-state index in [0.29, 0.717) is 28.9 Å². The average molecular weight is 456 g/mol. The Morgan fingerprint density at radius 3 is 2.48 bits per heavy atom. The highest BCUT2D eigenvalue weighted by Gasteiger charge is 2.37.